The van der Waals surface area contributed by atoms with Gasteiger partial charge in [0.25, 0.3) is 0 Å². The maximum absolute atomic E-state index is 11.1. The van der Waals surface area contributed by atoms with Crippen molar-refractivity contribution in [1.82, 2.24) is 10.6 Å². The number of rotatable bonds is 6. The third kappa shape index (κ3) is 4.96. The van der Waals surface area contributed by atoms with Crippen molar-refractivity contribution in [2.24, 2.45) is 0 Å². The van der Waals surface area contributed by atoms with Crippen LogP contribution in [0.15, 0.2) is 24.3 Å². The van der Waals surface area contributed by atoms with Crippen molar-refractivity contribution in [3.63, 3.8) is 0 Å². The Morgan fingerprint density at radius 2 is 2.23 bits per heavy atom. The van der Waals surface area contributed by atoms with Gasteiger partial charge in [-0.25, -0.2) is 4.79 Å². The van der Waals surface area contributed by atoms with E-state index >= 15 is 0 Å². The number of carbonyl (C=O) groups is 1. The highest BCUT2D eigenvalue weighted by Gasteiger charge is 2.19. The van der Waals surface area contributed by atoms with Gasteiger partial charge < -0.3 is 20.1 Å². The molecule has 1 unspecified atom stereocenters. The lowest BCUT2D eigenvalue weighted by Crippen LogP contribution is -2.40. The van der Waals surface area contributed by atoms with Gasteiger partial charge in [0.05, 0.1) is 12.6 Å². The number of methoxy groups -OCH3 is 1. The number of aryl methyl sites for hydroxylation is 1. The number of nitrogens with one attached hydrogen (secondary N) is 2. The molecule has 0 spiro atoms. The number of esters is 1. The second kappa shape index (κ2) is 8.70. The first-order chi connectivity index (χ1) is 10.7. The molecule has 0 radical (unpaired) electrons. The molecule has 0 bridgehead atoms. The fourth-order valence-corrected chi connectivity index (χ4v) is 2.85. The summed E-state index contributed by atoms with van der Waals surface area (Å²) < 4.78 is 9.65. The van der Waals surface area contributed by atoms with Crippen molar-refractivity contribution in [3.05, 3.63) is 35.4 Å². The van der Waals surface area contributed by atoms with Crippen molar-refractivity contribution in [2.75, 3.05) is 26.9 Å². The summed E-state index contributed by atoms with van der Waals surface area (Å²) in [6, 6.07) is 8.72. The van der Waals surface area contributed by atoms with Gasteiger partial charge in [0, 0.05) is 7.11 Å². The molecule has 1 aromatic carbocycles. The molecule has 0 saturated carbocycles. The molecular formula is C16H22N2O3S. The van der Waals surface area contributed by atoms with E-state index in [0.717, 1.165) is 19.3 Å². The van der Waals surface area contributed by atoms with Crippen LogP contribution in [0.5, 0.6) is 0 Å². The molecule has 2 N–H and O–H groups in total. The van der Waals surface area contributed by atoms with Crippen molar-refractivity contribution in [3.8, 4) is 0 Å². The van der Waals surface area contributed by atoms with Crippen molar-refractivity contribution >= 4 is 23.3 Å². The predicted molar refractivity (Wildman–Crippen MR) is 88.7 cm³/mol. The van der Waals surface area contributed by atoms with Crippen LogP contribution < -0.4 is 10.6 Å². The summed E-state index contributed by atoms with van der Waals surface area (Å²) in [6.45, 7) is 0.725. The van der Waals surface area contributed by atoms with E-state index in [2.05, 4.69) is 39.6 Å². The number of hydrogen-bond acceptors (Lipinski definition) is 4. The van der Waals surface area contributed by atoms with Crippen molar-refractivity contribution < 1.29 is 14.3 Å². The van der Waals surface area contributed by atoms with Crippen LogP contribution >= 0.6 is 12.2 Å². The molecule has 2 rings (SSSR count). The Hall–Kier alpha value is -1.66. The summed E-state index contributed by atoms with van der Waals surface area (Å²) in [7, 11) is 1.46. The standard InChI is InChI=1S/C16H22N2O3S/c1-20-11-15(19)21-10-9-17-16(22)18-14-8-4-6-12-5-2-3-7-13(12)14/h2-3,5,7,14H,4,6,8-11H2,1H3,(H2,17,18,22). The number of hydrogen-bond donors (Lipinski definition) is 2. The van der Waals surface area contributed by atoms with E-state index < -0.39 is 0 Å². The van der Waals surface area contributed by atoms with Gasteiger partial charge in [-0.1, -0.05) is 24.3 Å². The largest absolute Gasteiger partial charge is 0.462 e. The smallest absolute Gasteiger partial charge is 0.332 e. The van der Waals surface area contributed by atoms with Crippen molar-refractivity contribution in [2.45, 2.75) is 25.3 Å². The molecule has 0 amide bonds. The molecule has 1 aliphatic rings. The van der Waals surface area contributed by atoms with E-state index in [4.69, 9.17) is 17.0 Å². The molecule has 1 atom stereocenters. The summed E-state index contributed by atoms with van der Waals surface area (Å²) in [5.41, 5.74) is 2.71. The second-order valence-corrected chi connectivity index (χ2v) is 5.61. The Morgan fingerprint density at radius 1 is 1.41 bits per heavy atom. The Bertz CT molecular complexity index is 522. The molecule has 0 heterocycles. The van der Waals surface area contributed by atoms with Gasteiger partial charge >= 0.3 is 5.97 Å². The molecule has 0 saturated heterocycles. The Balaban J connectivity index is 1.73. The highest BCUT2D eigenvalue weighted by Crippen LogP contribution is 2.29. The minimum absolute atomic E-state index is 0.0262. The Labute approximate surface area is 136 Å². The van der Waals surface area contributed by atoms with E-state index in [1.54, 1.807) is 0 Å². The van der Waals surface area contributed by atoms with E-state index in [9.17, 15) is 4.79 Å². The zero-order valence-corrected chi connectivity index (χ0v) is 13.6. The number of carbonyl (C=O) groups excluding carboxylic acids is 1. The van der Waals surface area contributed by atoms with E-state index in [-0.39, 0.29) is 25.2 Å². The molecule has 5 nitrogen and oxygen atoms in total. The summed E-state index contributed by atoms with van der Waals surface area (Å²) >= 11 is 5.31. The maximum atomic E-state index is 11.1. The van der Waals surface area contributed by atoms with E-state index in [0.29, 0.717) is 11.7 Å². The molecule has 0 aliphatic heterocycles. The monoisotopic (exact) mass is 322 g/mol. The summed E-state index contributed by atoms with van der Waals surface area (Å²) in [6.07, 6.45) is 3.36. The van der Waals surface area contributed by atoms with Crippen LogP contribution in [0.3, 0.4) is 0 Å². The van der Waals surface area contributed by atoms with Crippen LogP contribution in [0, 0.1) is 0 Å². The number of benzene rings is 1. The SMILES string of the molecule is COCC(=O)OCCNC(=S)NC1CCCc2ccccc21. The van der Waals surface area contributed by atoms with Gasteiger partial charge in [-0.15, -0.1) is 0 Å². The molecule has 6 heteroatoms. The average Bonchev–Trinajstić information content (AvgIpc) is 2.52. The van der Waals surface area contributed by atoms with Crippen LogP contribution in [-0.4, -0.2) is 38.0 Å². The fraction of sp³-hybridized carbons (Fsp3) is 0.500. The topological polar surface area (TPSA) is 59.6 Å². The first-order valence-corrected chi connectivity index (χ1v) is 7.88. The van der Waals surface area contributed by atoms with Gasteiger partial charge in [0.15, 0.2) is 5.11 Å². The quantitative estimate of drug-likeness (QED) is 0.472. The van der Waals surface area contributed by atoms with Crippen LogP contribution in [-0.2, 0) is 20.7 Å². The van der Waals surface area contributed by atoms with Gasteiger partial charge in [-0.05, 0) is 42.6 Å². The summed E-state index contributed by atoms with van der Waals surface area (Å²) in [5, 5.41) is 6.99. The zero-order valence-electron chi connectivity index (χ0n) is 12.8. The maximum Gasteiger partial charge on any atom is 0.332 e. The minimum Gasteiger partial charge on any atom is -0.462 e. The first-order valence-electron chi connectivity index (χ1n) is 7.47. The first kappa shape index (κ1) is 16.7. The molecule has 22 heavy (non-hydrogen) atoms. The second-order valence-electron chi connectivity index (χ2n) is 5.20. The fourth-order valence-electron chi connectivity index (χ4n) is 2.60. The average molecular weight is 322 g/mol. The Morgan fingerprint density at radius 3 is 3.05 bits per heavy atom. The van der Waals surface area contributed by atoms with Gasteiger partial charge in [0.2, 0.25) is 0 Å². The van der Waals surface area contributed by atoms with Gasteiger partial charge in [0.1, 0.15) is 13.2 Å². The molecular weight excluding hydrogens is 300 g/mol. The highest BCUT2D eigenvalue weighted by molar-refractivity contribution is 7.80. The van der Waals surface area contributed by atoms with Crippen LogP contribution in [0.2, 0.25) is 0 Å². The third-order valence-electron chi connectivity index (χ3n) is 3.59. The lowest BCUT2D eigenvalue weighted by Gasteiger charge is -2.27. The molecule has 1 aromatic rings. The minimum atomic E-state index is -0.371. The number of ether oxygens (including phenoxy) is 2. The molecule has 0 aromatic heterocycles. The molecule has 0 fully saturated rings. The third-order valence-corrected chi connectivity index (χ3v) is 3.85. The molecule has 120 valence electrons. The summed E-state index contributed by atoms with van der Waals surface area (Å²) in [4.78, 5) is 11.1. The number of thiocarbonyl (C=S) groups is 1. The number of fused-ring (bicyclic) bond motifs is 1. The molecule has 1 aliphatic carbocycles. The van der Waals surface area contributed by atoms with Crippen LogP contribution in [0.4, 0.5) is 0 Å². The van der Waals surface area contributed by atoms with Crippen LogP contribution in [0.25, 0.3) is 0 Å². The zero-order chi connectivity index (χ0) is 15.8. The van der Waals surface area contributed by atoms with Crippen LogP contribution in [0.1, 0.15) is 30.0 Å². The predicted octanol–water partition coefficient (Wildman–Crippen LogP) is 1.72. The van der Waals surface area contributed by atoms with Gasteiger partial charge in [-0.3, -0.25) is 0 Å². The highest BCUT2D eigenvalue weighted by atomic mass is 32.1. The van der Waals surface area contributed by atoms with Crippen molar-refractivity contribution in [1.29, 1.82) is 0 Å². The summed E-state index contributed by atoms with van der Waals surface area (Å²) in [5.74, 6) is -0.371. The van der Waals surface area contributed by atoms with Gasteiger partial charge in [-0.2, -0.15) is 0 Å². The lowest BCUT2D eigenvalue weighted by molar-refractivity contribution is -0.147. The Kier molecular flexibility index (Phi) is 6.61. The van der Waals surface area contributed by atoms with E-state index in [1.807, 2.05) is 0 Å². The normalized spacial score (nSPS) is 16.5. The lowest BCUT2D eigenvalue weighted by atomic mass is 9.88. The van der Waals surface area contributed by atoms with E-state index in [1.165, 1.54) is 18.2 Å².